The number of aromatic nitrogens is 2. The zero-order valence-electron chi connectivity index (χ0n) is 12.5. The molecule has 14 heteroatoms. The number of nitrogens with zero attached hydrogens (tertiary/aromatic N) is 3. The molecule has 0 amide bonds. The third-order valence-electron chi connectivity index (χ3n) is 3.08. The first-order chi connectivity index (χ1) is 12.3. The average molecular weight is 448 g/mol. The molecule has 0 aliphatic carbocycles. The Morgan fingerprint density at radius 1 is 1.19 bits per heavy atom. The van der Waals surface area contributed by atoms with Crippen molar-refractivity contribution in [2.75, 3.05) is 5.32 Å². The zero-order chi connectivity index (χ0) is 20.7. The first kappa shape index (κ1) is 21.1. The van der Waals surface area contributed by atoms with Crippen LogP contribution < -0.4 is 11.1 Å². The van der Waals surface area contributed by atoms with Crippen molar-refractivity contribution in [1.82, 2.24) is 9.78 Å². The van der Waals surface area contributed by atoms with Crippen molar-refractivity contribution in [2.45, 2.75) is 12.5 Å². The van der Waals surface area contributed by atoms with Gasteiger partial charge in [0.2, 0.25) is 0 Å². The number of anilines is 2. The van der Waals surface area contributed by atoms with Gasteiger partial charge in [0.15, 0.2) is 5.82 Å². The molecule has 2 rings (SSSR count). The topological polar surface area (TPSA) is 79.7 Å². The van der Waals surface area contributed by atoms with E-state index in [4.69, 9.17) is 34.2 Å². The number of halogens is 8. The van der Waals surface area contributed by atoms with E-state index >= 15 is 0 Å². The highest BCUT2D eigenvalue weighted by molar-refractivity contribution is 7.80. The summed E-state index contributed by atoms with van der Waals surface area (Å²) in [6, 6.07) is 2.38. The van der Waals surface area contributed by atoms with E-state index in [1.54, 1.807) is 0 Å². The molecule has 144 valence electrons. The second-order valence-corrected chi connectivity index (χ2v) is 6.12. The SMILES string of the molecule is N#Cc1c(C(N)=S)nn(C(F)(F)F)c1Nc1c(Cl)cc(C(F)(F)F)cc1Cl. The molecular formula is C13H5Cl2F6N5S. The predicted molar refractivity (Wildman–Crippen MR) is 88.9 cm³/mol. The fourth-order valence-electron chi connectivity index (χ4n) is 1.97. The van der Waals surface area contributed by atoms with Crippen molar-refractivity contribution in [3.8, 4) is 6.07 Å². The molecule has 0 bridgehead atoms. The summed E-state index contributed by atoms with van der Waals surface area (Å²) in [4.78, 5) is -0.595. The second kappa shape index (κ2) is 7.06. The smallest absolute Gasteiger partial charge is 0.388 e. The Morgan fingerprint density at radius 3 is 2.07 bits per heavy atom. The van der Waals surface area contributed by atoms with E-state index in [0.29, 0.717) is 12.1 Å². The first-order valence-electron chi connectivity index (χ1n) is 6.50. The Balaban J connectivity index is 2.68. The van der Waals surface area contributed by atoms with Gasteiger partial charge in [0.05, 0.1) is 21.3 Å². The van der Waals surface area contributed by atoms with Crippen LogP contribution in [-0.2, 0) is 12.5 Å². The molecule has 0 fully saturated rings. The Kier molecular flexibility index (Phi) is 5.51. The van der Waals surface area contributed by atoms with E-state index in [0.717, 1.165) is 0 Å². The van der Waals surface area contributed by atoms with Crippen LogP contribution >= 0.6 is 35.4 Å². The number of nitrogens with two attached hydrogens (primary N) is 1. The number of hydrogen-bond donors (Lipinski definition) is 2. The van der Waals surface area contributed by atoms with Gasteiger partial charge in [0, 0.05) is 0 Å². The lowest BCUT2D eigenvalue weighted by Crippen LogP contribution is -2.21. The minimum absolute atomic E-state index is 0.463. The van der Waals surface area contributed by atoms with E-state index in [2.05, 4.69) is 22.6 Å². The van der Waals surface area contributed by atoms with Gasteiger partial charge in [-0.3, -0.25) is 0 Å². The molecule has 0 spiro atoms. The Hall–Kier alpha value is -2.23. The predicted octanol–water partition coefficient (Wildman–Crippen LogP) is 4.93. The van der Waals surface area contributed by atoms with Gasteiger partial charge in [0.25, 0.3) is 0 Å². The summed E-state index contributed by atoms with van der Waals surface area (Å²) in [6.45, 7) is 0. The highest BCUT2D eigenvalue weighted by Crippen LogP contribution is 2.41. The molecular weight excluding hydrogens is 443 g/mol. The zero-order valence-corrected chi connectivity index (χ0v) is 14.8. The Labute approximate surface area is 162 Å². The molecule has 27 heavy (non-hydrogen) atoms. The summed E-state index contributed by atoms with van der Waals surface area (Å²) < 4.78 is 77.4. The molecule has 0 aliphatic heterocycles. The van der Waals surface area contributed by atoms with Crippen molar-refractivity contribution >= 4 is 51.9 Å². The maximum atomic E-state index is 13.2. The standard InChI is InChI=1S/C13H5Cl2F6N5S/c14-6-1-4(12(16,17)18)2-7(15)9(6)24-11-5(3-22)8(10(23)27)25-26(11)13(19,20)21/h1-2,24H,(H2,23,27). The quantitative estimate of drug-likeness (QED) is 0.514. The molecule has 0 unspecified atom stereocenters. The molecule has 0 saturated heterocycles. The average Bonchev–Trinajstić information content (AvgIpc) is 2.88. The van der Waals surface area contributed by atoms with Crippen LogP contribution in [0.15, 0.2) is 12.1 Å². The van der Waals surface area contributed by atoms with Gasteiger partial charge >= 0.3 is 12.5 Å². The summed E-state index contributed by atoms with van der Waals surface area (Å²) >= 11 is 16.0. The minimum atomic E-state index is -5.11. The molecule has 2 aromatic rings. The molecule has 1 heterocycles. The molecule has 0 radical (unpaired) electrons. The number of rotatable bonds is 3. The van der Waals surface area contributed by atoms with Crippen LogP contribution in [0.4, 0.5) is 37.8 Å². The highest BCUT2D eigenvalue weighted by atomic mass is 35.5. The third-order valence-corrected chi connectivity index (χ3v) is 3.87. The number of nitrogens with one attached hydrogen (secondary N) is 1. The van der Waals surface area contributed by atoms with Crippen molar-refractivity contribution in [2.24, 2.45) is 5.73 Å². The number of hydrogen-bond acceptors (Lipinski definition) is 4. The van der Waals surface area contributed by atoms with Crippen LogP contribution in [0.2, 0.25) is 10.0 Å². The minimum Gasteiger partial charge on any atom is -0.388 e. The van der Waals surface area contributed by atoms with Crippen molar-refractivity contribution in [3.63, 3.8) is 0 Å². The Morgan fingerprint density at radius 2 is 1.70 bits per heavy atom. The van der Waals surface area contributed by atoms with Gasteiger partial charge < -0.3 is 11.1 Å². The Bertz CT molecular complexity index is 937. The van der Waals surface area contributed by atoms with Gasteiger partial charge in [-0.25, -0.2) is 0 Å². The second-order valence-electron chi connectivity index (χ2n) is 4.87. The van der Waals surface area contributed by atoms with Crippen LogP contribution in [-0.4, -0.2) is 14.8 Å². The number of alkyl halides is 6. The largest absolute Gasteiger partial charge is 0.506 e. The van der Waals surface area contributed by atoms with Crippen LogP contribution in [0, 0.1) is 11.3 Å². The summed E-state index contributed by atoms with van der Waals surface area (Å²) in [7, 11) is 0. The highest BCUT2D eigenvalue weighted by Gasteiger charge is 2.38. The molecule has 1 aromatic carbocycles. The maximum absolute atomic E-state index is 13.2. The number of thiocarbonyl (C=S) groups is 1. The van der Waals surface area contributed by atoms with E-state index in [1.807, 2.05) is 0 Å². The summed E-state index contributed by atoms with van der Waals surface area (Å²) in [5.74, 6) is -0.962. The van der Waals surface area contributed by atoms with E-state index in [9.17, 15) is 26.3 Å². The van der Waals surface area contributed by atoms with Crippen molar-refractivity contribution in [3.05, 3.63) is 39.0 Å². The first-order valence-corrected chi connectivity index (χ1v) is 7.67. The monoisotopic (exact) mass is 447 g/mol. The third kappa shape index (κ3) is 4.20. The van der Waals surface area contributed by atoms with Crippen LogP contribution in [0.5, 0.6) is 0 Å². The van der Waals surface area contributed by atoms with E-state index in [-0.39, 0.29) is 0 Å². The lowest BCUT2D eigenvalue weighted by molar-refractivity contribution is -0.210. The molecule has 0 saturated carbocycles. The summed E-state index contributed by atoms with van der Waals surface area (Å²) in [6.07, 6.45) is -9.89. The lowest BCUT2D eigenvalue weighted by atomic mass is 10.2. The van der Waals surface area contributed by atoms with E-state index in [1.165, 1.54) is 6.07 Å². The van der Waals surface area contributed by atoms with Crippen LogP contribution in [0.1, 0.15) is 16.8 Å². The molecule has 5 nitrogen and oxygen atoms in total. The summed E-state index contributed by atoms with van der Waals surface area (Å²) in [5.41, 5.74) is 2.24. The summed E-state index contributed by atoms with van der Waals surface area (Å²) in [5, 5.41) is 13.1. The lowest BCUT2D eigenvalue weighted by Gasteiger charge is -2.16. The van der Waals surface area contributed by atoms with Gasteiger partial charge in [-0.15, -0.1) is 13.2 Å². The fraction of sp³-hybridized carbons (Fsp3) is 0.154. The molecule has 0 aliphatic rings. The molecule has 3 N–H and O–H groups in total. The molecule has 1 aromatic heterocycles. The van der Waals surface area contributed by atoms with Crippen molar-refractivity contribution in [1.29, 1.82) is 5.26 Å². The fourth-order valence-corrected chi connectivity index (χ4v) is 2.69. The normalized spacial score (nSPS) is 12.0. The van der Waals surface area contributed by atoms with E-state index < -0.39 is 60.5 Å². The van der Waals surface area contributed by atoms with Gasteiger partial charge in [-0.05, 0) is 12.1 Å². The van der Waals surface area contributed by atoms with Crippen LogP contribution in [0.25, 0.3) is 0 Å². The van der Waals surface area contributed by atoms with Gasteiger partial charge in [-0.1, -0.05) is 35.4 Å². The molecule has 0 atom stereocenters. The maximum Gasteiger partial charge on any atom is 0.506 e. The number of benzene rings is 1. The van der Waals surface area contributed by atoms with Crippen molar-refractivity contribution < 1.29 is 26.3 Å². The van der Waals surface area contributed by atoms with Crippen LogP contribution in [0.3, 0.4) is 0 Å². The van der Waals surface area contributed by atoms with Gasteiger partial charge in [0.1, 0.15) is 22.3 Å². The van der Waals surface area contributed by atoms with Gasteiger partial charge in [-0.2, -0.15) is 28.2 Å². The number of nitriles is 1.